The monoisotopic (exact) mass is 227 g/mol. The topological polar surface area (TPSA) is 12.0 Å². The molecule has 1 unspecified atom stereocenters. The predicted molar refractivity (Wildman–Crippen MR) is 73.0 cm³/mol. The number of rotatable bonds is 4. The molecule has 1 saturated carbocycles. The van der Waals surface area contributed by atoms with E-state index in [1.807, 2.05) is 0 Å². The summed E-state index contributed by atoms with van der Waals surface area (Å²) in [5.74, 6) is 3.53. The van der Waals surface area contributed by atoms with Gasteiger partial charge in [0.15, 0.2) is 0 Å². The van der Waals surface area contributed by atoms with Crippen LogP contribution < -0.4 is 5.32 Å². The molecule has 1 aliphatic rings. The average Bonchev–Trinajstić information content (AvgIpc) is 2.30. The first-order valence-electron chi connectivity index (χ1n) is 6.52. The minimum absolute atomic E-state index is 0.248. The van der Waals surface area contributed by atoms with Crippen LogP contribution in [0, 0.1) is 19.3 Å². The van der Waals surface area contributed by atoms with E-state index in [2.05, 4.69) is 49.4 Å². The van der Waals surface area contributed by atoms with Gasteiger partial charge >= 0.3 is 0 Å². The van der Waals surface area contributed by atoms with Crippen LogP contribution in [-0.4, -0.2) is 12.1 Å². The molecule has 1 aliphatic carbocycles. The van der Waals surface area contributed by atoms with Crippen molar-refractivity contribution >= 4 is 0 Å². The van der Waals surface area contributed by atoms with E-state index >= 15 is 0 Å². The van der Waals surface area contributed by atoms with Crippen molar-refractivity contribution in [3.05, 3.63) is 35.4 Å². The van der Waals surface area contributed by atoms with E-state index in [4.69, 9.17) is 6.42 Å². The van der Waals surface area contributed by atoms with E-state index in [1.165, 1.54) is 24.0 Å². The SMILES string of the molecule is C#CC(CC)NC1CC(c2ccccc2C)C1. The zero-order chi connectivity index (χ0) is 12.3. The fraction of sp³-hybridized carbons (Fsp3) is 0.500. The molecule has 0 aromatic heterocycles. The van der Waals surface area contributed by atoms with E-state index < -0.39 is 0 Å². The van der Waals surface area contributed by atoms with Gasteiger partial charge in [0.05, 0.1) is 6.04 Å². The fourth-order valence-electron chi connectivity index (χ4n) is 2.62. The van der Waals surface area contributed by atoms with Gasteiger partial charge in [-0.2, -0.15) is 0 Å². The number of terminal acetylenes is 1. The van der Waals surface area contributed by atoms with E-state index in [0.717, 1.165) is 12.3 Å². The van der Waals surface area contributed by atoms with Gasteiger partial charge in [0, 0.05) is 6.04 Å². The van der Waals surface area contributed by atoms with Gasteiger partial charge in [0.2, 0.25) is 0 Å². The zero-order valence-electron chi connectivity index (χ0n) is 10.7. The molecule has 0 heterocycles. The van der Waals surface area contributed by atoms with Crippen LogP contribution in [0.25, 0.3) is 0 Å². The summed E-state index contributed by atoms with van der Waals surface area (Å²) >= 11 is 0. The Kier molecular flexibility index (Phi) is 3.86. The summed E-state index contributed by atoms with van der Waals surface area (Å²) in [6.45, 7) is 4.33. The summed E-state index contributed by atoms with van der Waals surface area (Å²) in [6.07, 6.45) is 8.93. The van der Waals surface area contributed by atoms with Crippen molar-refractivity contribution in [1.82, 2.24) is 5.32 Å². The third-order valence-corrected chi connectivity index (χ3v) is 3.81. The Morgan fingerprint density at radius 2 is 2.12 bits per heavy atom. The molecular formula is C16H21N. The van der Waals surface area contributed by atoms with Crippen molar-refractivity contribution in [1.29, 1.82) is 0 Å². The average molecular weight is 227 g/mol. The van der Waals surface area contributed by atoms with Crippen molar-refractivity contribution in [2.24, 2.45) is 0 Å². The Morgan fingerprint density at radius 1 is 1.41 bits per heavy atom. The highest BCUT2D eigenvalue weighted by atomic mass is 15.0. The first kappa shape index (κ1) is 12.2. The van der Waals surface area contributed by atoms with Crippen LogP contribution in [0.15, 0.2) is 24.3 Å². The Balaban J connectivity index is 1.87. The molecule has 1 fully saturated rings. The lowest BCUT2D eigenvalue weighted by molar-refractivity contribution is 0.277. The molecule has 0 aliphatic heterocycles. The van der Waals surface area contributed by atoms with Gasteiger partial charge in [-0.05, 0) is 43.2 Å². The standard InChI is InChI=1S/C16H21N/c1-4-14(5-2)17-15-10-13(11-15)16-9-7-6-8-12(16)3/h1,6-9,13-15,17H,5,10-11H2,2-3H3. The lowest BCUT2D eigenvalue weighted by Crippen LogP contribution is -2.44. The molecule has 0 radical (unpaired) electrons. The lowest BCUT2D eigenvalue weighted by Gasteiger charge is -2.38. The first-order valence-corrected chi connectivity index (χ1v) is 6.52. The van der Waals surface area contributed by atoms with Gasteiger partial charge in [-0.3, -0.25) is 0 Å². The molecular weight excluding hydrogens is 206 g/mol. The fourth-order valence-corrected chi connectivity index (χ4v) is 2.62. The van der Waals surface area contributed by atoms with Crippen LogP contribution >= 0.6 is 0 Å². The molecule has 0 spiro atoms. The first-order chi connectivity index (χ1) is 8.24. The maximum absolute atomic E-state index is 5.47. The van der Waals surface area contributed by atoms with Gasteiger partial charge in [-0.1, -0.05) is 37.1 Å². The van der Waals surface area contributed by atoms with Crippen LogP contribution in [0.3, 0.4) is 0 Å². The number of hydrogen-bond donors (Lipinski definition) is 1. The van der Waals surface area contributed by atoms with Crippen molar-refractivity contribution in [2.75, 3.05) is 0 Å². The second kappa shape index (κ2) is 5.38. The normalized spacial score (nSPS) is 24.8. The third-order valence-electron chi connectivity index (χ3n) is 3.81. The van der Waals surface area contributed by atoms with Gasteiger partial charge < -0.3 is 5.32 Å². The van der Waals surface area contributed by atoms with Crippen LogP contribution in [0.5, 0.6) is 0 Å². The molecule has 0 saturated heterocycles. The summed E-state index contributed by atoms with van der Waals surface area (Å²) < 4.78 is 0. The Morgan fingerprint density at radius 3 is 2.71 bits per heavy atom. The highest BCUT2D eigenvalue weighted by Gasteiger charge is 2.31. The van der Waals surface area contributed by atoms with Crippen LogP contribution in [0.1, 0.15) is 43.2 Å². The van der Waals surface area contributed by atoms with Crippen LogP contribution in [0.4, 0.5) is 0 Å². The molecule has 90 valence electrons. The van der Waals surface area contributed by atoms with Crippen molar-refractivity contribution in [2.45, 2.75) is 51.1 Å². The van der Waals surface area contributed by atoms with Crippen molar-refractivity contribution < 1.29 is 0 Å². The summed E-state index contributed by atoms with van der Waals surface area (Å²) in [4.78, 5) is 0. The zero-order valence-corrected chi connectivity index (χ0v) is 10.7. The molecule has 1 aromatic rings. The Bertz CT molecular complexity index is 410. The smallest absolute Gasteiger partial charge is 0.0686 e. The summed E-state index contributed by atoms with van der Waals surface area (Å²) in [5.41, 5.74) is 2.93. The largest absolute Gasteiger partial charge is 0.301 e. The lowest BCUT2D eigenvalue weighted by atomic mass is 9.74. The number of aryl methyl sites for hydroxylation is 1. The Hall–Kier alpha value is -1.26. The molecule has 1 aromatic carbocycles. The molecule has 17 heavy (non-hydrogen) atoms. The molecule has 1 N–H and O–H groups in total. The maximum atomic E-state index is 5.47. The molecule has 0 amide bonds. The highest BCUT2D eigenvalue weighted by Crippen LogP contribution is 2.38. The van der Waals surface area contributed by atoms with Crippen LogP contribution in [0.2, 0.25) is 0 Å². The summed E-state index contributed by atoms with van der Waals surface area (Å²) in [6, 6.07) is 9.57. The van der Waals surface area contributed by atoms with Gasteiger partial charge in [0.25, 0.3) is 0 Å². The summed E-state index contributed by atoms with van der Waals surface area (Å²) in [5, 5.41) is 3.54. The van der Waals surface area contributed by atoms with Crippen molar-refractivity contribution in [3.8, 4) is 12.3 Å². The Labute approximate surface area is 105 Å². The minimum atomic E-state index is 0.248. The molecule has 1 atom stereocenters. The van der Waals surface area contributed by atoms with Crippen molar-refractivity contribution in [3.63, 3.8) is 0 Å². The molecule has 1 heteroatoms. The van der Waals surface area contributed by atoms with E-state index in [1.54, 1.807) is 0 Å². The predicted octanol–water partition coefficient (Wildman–Crippen LogP) is 3.24. The van der Waals surface area contributed by atoms with E-state index in [0.29, 0.717) is 6.04 Å². The highest BCUT2D eigenvalue weighted by molar-refractivity contribution is 5.31. The second-order valence-electron chi connectivity index (χ2n) is 5.02. The second-order valence-corrected chi connectivity index (χ2v) is 5.02. The quantitative estimate of drug-likeness (QED) is 0.779. The van der Waals surface area contributed by atoms with E-state index in [9.17, 15) is 0 Å². The third kappa shape index (κ3) is 2.70. The van der Waals surface area contributed by atoms with E-state index in [-0.39, 0.29) is 6.04 Å². The summed E-state index contributed by atoms with van der Waals surface area (Å²) in [7, 11) is 0. The molecule has 2 rings (SSSR count). The van der Waals surface area contributed by atoms with Gasteiger partial charge in [0.1, 0.15) is 0 Å². The number of nitrogens with one attached hydrogen (secondary N) is 1. The number of hydrogen-bond acceptors (Lipinski definition) is 1. The number of benzene rings is 1. The van der Waals surface area contributed by atoms with Gasteiger partial charge in [-0.25, -0.2) is 0 Å². The van der Waals surface area contributed by atoms with Crippen LogP contribution in [-0.2, 0) is 0 Å². The molecule has 1 nitrogen and oxygen atoms in total. The van der Waals surface area contributed by atoms with Gasteiger partial charge in [-0.15, -0.1) is 6.42 Å². The maximum Gasteiger partial charge on any atom is 0.0686 e. The minimum Gasteiger partial charge on any atom is -0.301 e. The molecule has 0 bridgehead atoms.